The fourth-order valence-electron chi connectivity index (χ4n) is 3.86. The molecule has 2 aliphatic heterocycles. The van der Waals surface area contributed by atoms with Gasteiger partial charge in [-0.1, -0.05) is 11.8 Å². The number of aryl methyl sites for hydroxylation is 1. The van der Waals surface area contributed by atoms with E-state index in [4.69, 9.17) is 5.73 Å². The van der Waals surface area contributed by atoms with E-state index in [-0.39, 0.29) is 17.9 Å². The molecule has 0 spiro atoms. The molecule has 2 bridgehead atoms. The number of rotatable bonds is 6. The monoisotopic (exact) mass is 394 g/mol. The van der Waals surface area contributed by atoms with Crippen LogP contribution in [0.2, 0.25) is 0 Å². The van der Waals surface area contributed by atoms with Gasteiger partial charge in [0.25, 0.3) is 0 Å². The number of carbonyl (C=O) groups excluding carboxylic acids is 3. The van der Waals surface area contributed by atoms with Gasteiger partial charge >= 0.3 is 6.03 Å². The van der Waals surface area contributed by atoms with E-state index in [0.29, 0.717) is 37.7 Å². The SMILES string of the molecule is C[C@H](NC(N)=O)C(=O)N1CC2CC(C1)N(C(=O)CCSc1nccn1C)C2. The van der Waals surface area contributed by atoms with E-state index in [2.05, 4.69) is 10.3 Å². The number of amides is 4. The van der Waals surface area contributed by atoms with E-state index in [0.717, 1.165) is 11.6 Å². The predicted molar refractivity (Wildman–Crippen MR) is 101 cm³/mol. The van der Waals surface area contributed by atoms with Crippen LogP contribution in [-0.2, 0) is 16.6 Å². The molecule has 2 aliphatic rings. The molecule has 0 aromatic carbocycles. The highest BCUT2D eigenvalue weighted by atomic mass is 32.2. The Labute approximate surface area is 162 Å². The Kier molecular flexibility index (Phi) is 5.93. The quantitative estimate of drug-likeness (QED) is 0.660. The van der Waals surface area contributed by atoms with Crippen LogP contribution in [0.5, 0.6) is 0 Å². The maximum atomic E-state index is 12.7. The first-order valence-electron chi connectivity index (χ1n) is 9.09. The fraction of sp³-hybridized carbons (Fsp3) is 0.647. The molecule has 2 saturated heterocycles. The standard InChI is InChI=1S/C17H26N6O3S/c1-11(20-16(18)26)15(25)22-8-12-7-13(10-22)23(9-12)14(24)3-6-27-17-19-4-5-21(17)2/h4-5,11-13H,3,6-10H2,1-2H3,(H3,18,20,26)/t11-,12?,13?/m0/s1. The van der Waals surface area contributed by atoms with Crippen LogP contribution in [0.4, 0.5) is 4.79 Å². The van der Waals surface area contributed by atoms with Crippen LogP contribution in [0, 0.1) is 5.92 Å². The van der Waals surface area contributed by atoms with Crippen molar-refractivity contribution < 1.29 is 14.4 Å². The summed E-state index contributed by atoms with van der Waals surface area (Å²) >= 11 is 1.57. The number of nitrogens with zero attached hydrogens (tertiary/aromatic N) is 4. The lowest BCUT2D eigenvalue weighted by atomic mass is 9.99. The number of nitrogens with two attached hydrogens (primary N) is 1. The molecule has 9 nitrogen and oxygen atoms in total. The zero-order valence-electron chi connectivity index (χ0n) is 15.6. The van der Waals surface area contributed by atoms with E-state index >= 15 is 0 Å². The van der Waals surface area contributed by atoms with Gasteiger partial charge in [-0.3, -0.25) is 9.59 Å². The summed E-state index contributed by atoms with van der Waals surface area (Å²) in [5, 5.41) is 3.32. The van der Waals surface area contributed by atoms with Gasteiger partial charge < -0.3 is 25.4 Å². The van der Waals surface area contributed by atoms with Crippen LogP contribution in [0.25, 0.3) is 0 Å². The maximum Gasteiger partial charge on any atom is 0.312 e. The molecule has 2 unspecified atom stereocenters. The summed E-state index contributed by atoms with van der Waals surface area (Å²) in [5.74, 6) is 0.948. The lowest BCUT2D eigenvalue weighted by Crippen LogP contribution is -2.53. The van der Waals surface area contributed by atoms with E-state index in [9.17, 15) is 14.4 Å². The zero-order chi connectivity index (χ0) is 19.6. The van der Waals surface area contributed by atoms with Crippen molar-refractivity contribution in [1.82, 2.24) is 24.7 Å². The molecule has 0 radical (unpaired) electrons. The lowest BCUT2D eigenvalue weighted by molar-refractivity contribution is -0.136. The molecule has 0 saturated carbocycles. The van der Waals surface area contributed by atoms with Gasteiger partial charge in [0.2, 0.25) is 11.8 Å². The molecule has 2 fully saturated rings. The van der Waals surface area contributed by atoms with Crippen LogP contribution in [0.3, 0.4) is 0 Å². The van der Waals surface area contributed by atoms with Crippen LogP contribution in [0.15, 0.2) is 17.6 Å². The van der Waals surface area contributed by atoms with Crippen molar-refractivity contribution in [3.63, 3.8) is 0 Å². The third-order valence-corrected chi connectivity index (χ3v) is 6.16. The summed E-state index contributed by atoms with van der Waals surface area (Å²) in [5.41, 5.74) is 5.10. The number of nitrogens with one attached hydrogen (secondary N) is 1. The number of fused-ring (bicyclic) bond motifs is 2. The molecule has 3 heterocycles. The van der Waals surface area contributed by atoms with Gasteiger partial charge in [0.1, 0.15) is 6.04 Å². The van der Waals surface area contributed by atoms with Crippen molar-refractivity contribution in [3.8, 4) is 0 Å². The minimum atomic E-state index is -0.710. The highest BCUT2D eigenvalue weighted by Crippen LogP contribution is 2.31. The second-order valence-electron chi connectivity index (χ2n) is 7.19. The zero-order valence-corrected chi connectivity index (χ0v) is 16.4. The highest BCUT2D eigenvalue weighted by molar-refractivity contribution is 7.99. The predicted octanol–water partition coefficient (Wildman–Crippen LogP) is 0.0184. The molecule has 0 aliphatic carbocycles. The lowest BCUT2D eigenvalue weighted by Gasteiger charge is -2.34. The van der Waals surface area contributed by atoms with Crippen molar-refractivity contribution in [3.05, 3.63) is 12.4 Å². The second-order valence-corrected chi connectivity index (χ2v) is 8.26. The number of piperidine rings is 1. The largest absolute Gasteiger partial charge is 0.352 e. The molecular weight excluding hydrogens is 368 g/mol. The average Bonchev–Trinajstić information content (AvgIpc) is 3.15. The van der Waals surface area contributed by atoms with Crippen LogP contribution in [0.1, 0.15) is 19.8 Å². The van der Waals surface area contributed by atoms with Crippen molar-refractivity contribution in [2.24, 2.45) is 18.7 Å². The molecule has 27 heavy (non-hydrogen) atoms. The van der Waals surface area contributed by atoms with Gasteiger partial charge in [0.15, 0.2) is 5.16 Å². The summed E-state index contributed by atoms with van der Waals surface area (Å²) < 4.78 is 1.93. The number of thioether (sulfide) groups is 1. The Bertz CT molecular complexity index is 723. The van der Waals surface area contributed by atoms with Gasteiger partial charge in [-0.05, 0) is 19.3 Å². The molecule has 3 N–H and O–H groups in total. The fourth-order valence-corrected chi connectivity index (χ4v) is 4.72. The molecule has 148 valence electrons. The van der Waals surface area contributed by atoms with Gasteiger partial charge in [-0.15, -0.1) is 0 Å². The average molecular weight is 395 g/mol. The molecule has 4 amide bonds. The Morgan fingerprint density at radius 3 is 2.81 bits per heavy atom. The summed E-state index contributed by atoms with van der Waals surface area (Å²) in [6.07, 6.45) is 5.01. The Morgan fingerprint density at radius 2 is 2.15 bits per heavy atom. The minimum Gasteiger partial charge on any atom is -0.352 e. The number of likely N-dealkylation sites (tertiary alicyclic amines) is 2. The Hall–Kier alpha value is -2.23. The summed E-state index contributed by atoms with van der Waals surface area (Å²) in [6, 6.07) is -1.31. The molecule has 10 heteroatoms. The van der Waals surface area contributed by atoms with Crippen molar-refractivity contribution >= 4 is 29.6 Å². The number of carbonyl (C=O) groups is 3. The Morgan fingerprint density at radius 1 is 1.37 bits per heavy atom. The molecule has 3 rings (SSSR count). The Balaban J connectivity index is 1.51. The number of hydrogen-bond donors (Lipinski definition) is 2. The van der Waals surface area contributed by atoms with E-state index in [1.807, 2.05) is 22.7 Å². The number of primary amides is 1. The van der Waals surface area contributed by atoms with Crippen molar-refractivity contribution in [2.75, 3.05) is 25.4 Å². The van der Waals surface area contributed by atoms with Crippen molar-refractivity contribution in [1.29, 1.82) is 0 Å². The van der Waals surface area contributed by atoms with Crippen molar-refractivity contribution in [2.45, 2.75) is 37.0 Å². The number of aromatic nitrogens is 2. The second kappa shape index (κ2) is 8.20. The third-order valence-electron chi connectivity index (χ3n) is 5.10. The summed E-state index contributed by atoms with van der Waals surface area (Å²) in [6.45, 7) is 3.45. The first kappa shape index (κ1) is 19.5. The molecule has 3 atom stereocenters. The number of imidazole rings is 1. The van der Waals surface area contributed by atoms with Crippen LogP contribution < -0.4 is 11.1 Å². The minimum absolute atomic E-state index is 0.0548. The maximum absolute atomic E-state index is 12.7. The molecule has 1 aromatic rings. The van der Waals surface area contributed by atoms with Gasteiger partial charge in [-0.2, -0.15) is 0 Å². The van der Waals surface area contributed by atoms with Crippen LogP contribution in [-0.4, -0.2) is 74.7 Å². The summed E-state index contributed by atoms with van der Waals surface area (Å²) in [7, 11) is 1.93. The van der Waals surface area contributed by atoms with E-state index in [1.165, 1.54) is 0 Å². The normalized spacial score (nSPS) is 22.6. The van der Waals surface area contributed by atoms with Gasteiger partial charge in [0.05, 0.1) is 0 Å². The first-order chi connectivity index (χ1) is 12.8. The van der Waals surface area contributed by atoms with E-state index < -0.39 is 12.1 Å². The topological polar surface area (TPSA) is 114 Å². The smallest absolute Gasteiger partial charge is 0.312 e. The van der Waals surface area contributed by atoms with Gasteiger partial charge in [-0.25, -0.2) is 9.78 Å². The number of urea groups is 1. The van der Waals surface area contributed by atoms with E-state index in [1.54, 1.807) is 29.8 Å². The van der Waals surface area contributed by atoms with Crippen LogP contribution >= 0.6 is 11.8 Å². The van der Waals surface area contributed by atoms with Gasteiger partial charge in [0, 0.05) is 57.3 Å². The summed E-state index contributed by atoms with van der Waals surface area (Å²) in [4.78, 5) is 44.0. The molecule has 1 aromatic heterocycles. The highest BCUT2D eigenvalue weighted by Gasteiger charge is 2.42. The first-order valence-corrected chi connectivity index (χ1v) is 10.1. The number of hydrogen-bond acceptors (Lipinski definition) is 5. The third kappa shape index (κ3) is 4.55. The molecular formula is C17H26N6O3S.